The number of carbonyl (C=O) groups excluding carboxylic acids is 1. The van der Waals surface area contributed by atoms with Gasteiger partial charge >= 0.3 is 0 Å². The first kappa shape index (κ1) is 14.6. The van der Waals surface area contributed by atoms with Crippen LogP contribution < -0.4 is 10.1 Å². The second kappa shape index (κ2) is 7.04. The van der Waals surface area contributed by atoms with Gasteiger partial charge in [-0.1, -0.05) is 27.9 Å². The molecule has 1 rings (SSSR count). The van der Waals surface area contributed by atoms with Crippen LogP contribution in [0.2, 0.25) is 0 Å². The van der Waals surface area contributed by atoms with Crippen molar-refractivity contribution in [3.8, 4) is 18.1 Å². The summed E-state index contributed by atoms with van der Waals surface area (Å²) in [5.74, 6) is 2.47. The van der Waals surface area contributed by atoms with Gasteiger partial charge in [0.15, 0.2) is 6.61 Å². The third-order valence-electron chi connectivity index (χ3n) is 2.17. The summed E-state index contributed by atoms with van der Waals surface area (Å²) in [5, 5.41) is 12.1. The maximum atomic E-state index is 11.3. The Balaban J connectivity index is 2.69. The average Bonchev–Trinajstić information content (AvgIpc) is 2.33. The van der Waals surface area contributed by atoms with Gasteiger partial charge in [0, 0.05) is 10.0 Å². The van der Waals surface area contributed by atoms with Crippen molar-refractivity contribution >= 4 is 21.8 Å². The molecule has 0 unspecified atom stereocenters. The summed E-state index contributed by atoms with van der Waals surface area (Å²) in [4.78, 5) is 11.3. The van der Waals surface area contributed by atoms with E-state index in [0.717, 1.165) is 4.47 Å². The lowest BCUT2D eigenvalue weighted by Crippen LogP contribution is -2.29. The SMILES string of the molecule is C#CCNC(=O)COc1cc(Br)ccc1[C@@H](C)O. The molecular formula is C13H14BrNO3. The Morgan fingerprint density at radius 3 is 3.00 bits per heavy atom. The van der Waals surface area contributed by atoms with E-state index in [0.29, 0.717) is 11.3 Å². The number of ether oxygens (including phenoxy) is 1. The molecule has 1 amide bonds. The zero-order valence-electron chi connectivity index (χ0n) is 9.94. The second-order valence-corrected chi connectivity index (χ2v) is 4.54. The fraction of sp³-hybridized carbons (Fsp3) is 0.308. The summed E-state index contributed by atoms with van der Waals surface area (Å²) in [7, 11) is 0. The molecule has 4 nitrogen and oxygen atoms in total. The Morgan fingerprint density at radius 2 is 2.39 bits per heavy atom. The third-order valence-corrected chi connectivity index (χ3v) is 2.67. The highest BCUT2D eigenvalue weighted by Gasteiger charge is 2.11. The van der Waals surface area contributed by atoms with E-state index in [1.54, 1.807) is 25.1 Å². The first-order chi connectivity index (χ1) is 8.54. The summed E-state index contributed by atoms with van der Waals surface area (Å²) in [5.41, 5.74) is 0.628. The number of benzene rings is 1. The zero-order valence-corrected chi connectivity index (χ0v) is 11.5. The van der Waals surface area contributed by atoms with Gasteiger partial charge in [0.1, 0.15) is 5.75 Å². The molecule has 0 bridgehead atoms. The van der Waals surface area contributed by atoms with Crippen molar-refractivity contribution in [2.24, 2.45) is 0 Å². The van der Waals surface area contributed by atoms with Crippen molar-refractivity contribution < 1.29 is 14.6 Å². The molecule has 0 radical (unpaired) electrons. The molecule has 0 aliphatic rings. The number of terminal acetylenes is 1. The highest BCUT2D eigenvalue weighted by molar-refractivity contribution is 9.10. The molecular weight excluding hydrogens is 298 g/mol. The second-order valence-electron chi connectivity index (χ2n) is 3.63. The Hall–Kier alpha value is -1.51. The van der Waals surface area contributed by atoms with Crippen molar-refractivity contribution in [2.75, 3.05) is 13.2 Å². The number of carbonyl (C=O) groups is 1. The number of aliphatic hydroxyl groups is 1. The van der Waals surface area contributed by atoms with Gasteiger partial charge in [-0.2, -0.15) is 0 Å². The van der Waals surface area contributed by atoms with Gasteiger partial charge in [-0.3, -0.25) is 4.79 Å². The molecule has 1 aromatic carbocycles. The molecule has 2 N–H and O–H groups in total. The van der Waals surface area contributed by atoms with Crippen LogP contribution in [0.3, 0.4) is 0 Å². The minimum Gasteiger partial charge on any atom is -0.483 e. The maximum Gasteiger partial charge on any atom is 0.258 e. The van der Waals surface area contributed by atoms with E-state index in [2.05, 4.69) is 27.2 Å². The number of rotatable bonds is 5. The van der Waals surface area contributed by atoms with Crippen LogP contribution in [0.4, 0.5) is 0 Å². The lowest BCUT2D eigenvalue weighted by Gasteiger charge is -2.13. The largest absolute Gasteiger partial charge is 0.483 e. The standard InChI is InChI=1S/C13H14BrNO3/c1-3-6-15-13(17)8-18-12-7-10(14)4-5-11(12)9(2)16/h1,4-5,7,9,16H,6,8H2,2H3,(H,15,17)/t9-/m1/s1. The molecule has 0 aliphatic heterocycles. The van der Waals surface area contributed by atoms with Gasteiger partial charge < -0.3 is 15.2 Å². The van der Waals surface area contributed by atoms with E-state index in [1.807, 2.05) is 0 Å². The molecule has 0 aliphatic carbocycles. The van der Waals surface area contributed by atoms with Crippen molar-refractivity contribution in [3.63, 3.8) is 0 Å². The number of nitrogens with one attached hydrogen (secondary N) is 1. The highest BCUT2D eigenvalue weighted by atomic mass is 79.9. The Labute approximate surface area is 114 Å². The van der Waals surface area contributed by atoms with Crippen molar-refractivity contribution in [3.05, 3.63) is 28.2 Å². The molecule has 0 aromatic heterocycles. The molecule has 0 fully saturated rings. The van der Waals surface area contributed by atoms with Gasteiger partial charge in [-0.25, -0.2) is 0 Å². The van der Waals surface area contributed by atoms with Crippen molar-refractivity contribution in [1.82, 2.24) is 5.32 Å². The number of halogens is 1. The van der Waals surface area contributed by atoms with Crippen LogP contribution in [0, 0.1) is 12.3 Å². The van der Waals surface area contributed by atoms with Gasteiger partial charge in [0.2, 0.25) is 0 Å². The fourth-order valence-electron chi connectivity index (χ4n) is 1.32. The predicted molar refractivity (Wildman–Crippen MR) is 72.1 cm³/mol. The van der Waals surface area contributed by atoms with Gasteiger partial charge in [-0.05, 0) is 19.1 Å². The highest BCUT2D eigenvalue weighted by Crippen LogP contribution is 2.28. The smallest absolute Gasteiger partial charge is 0.258 e. The van der Waals surface area contributed by atoms with Crippen LogP contribution in [0.5, 0.6) is 5.75 Å². The number of aliphatic hydroxyl groups excluding tert-OH is 1. The number of amides is 1. The summed E-state index contributed by atoms with van der Waals surface area (Å²) in [6.07, 6.45) is 4.36. The van der Waals surface area contributed by atoms with Crippen LogP contribution in [0.25, 0.3) is 0 Å². The molecule has 1 atom stereocenters. The minimum absolute atomic E-state index is 0.141. The molecule has 1 aromatic rings. The lowest BCUT2D eigenvalue weighted by atomic mass is 10.1. The molecule has 0 spiro atoms. The molecule has 0 saturated carbocycles. The Morgan fingerprint density at radius 1 is 1.67 bits per heavy atom. The topological polar surface area (TPSA) is 58.6 Å². The number of hydrogen-bond acceptors (Lipinski definition) is 3. The molecule has 0 saturated heterocycles. The van der Waals surface area contributed by atoms with E-state index >= 15 is 0 Å². The van der Waals surface area contributed by atoms with E-state index in [9.17, 15) is 9.90 Å². The number of hydrogen-bond donors (Lipinski definition) is 2. The van der Waals surface area contributed by atoms with Crippen LogP contribution in [-0.4, -0.2) is 24.2 Å². The summed E-state index contributed by atoms with van der Waals surface area (Å²) >= 11 is 3.31. The lowest BCUT2D eigenvalue weighted by molar-refractivity contribution is -0.122. The summed E-state index contributed by atoms with van der Waals surface area (Å²) < 4.78 is 6.18. The minimum atomic E-state index is -0.665. The molecule has 96 valence electrons. The van der Waals surface area contributed by atoms with E-state index < -0.39 is 6.10 Å². The first-order valence-electron chi connectivity index (χ1n) is 5.35. The van der Waals surface area contributed by atoms with Crippen LogP contribution in [0.1, 0.15) is 18.6 Å². The third kappa shape index (κ3) is 4.40. The van der Waals surface area contributed by atoms with Crippen LogP contribution in [-0.2, 0) is 4.79 Å². The van der Waals surface area contributed by atoms with Gasteiger partial charge in [-0.15, -0.1) is 6.42 Å². The van der Waals surface area contributed by atoms with E-state index in [-0.39, 0.29) is 19.1 Å². The van der Waals surface area contributed by atoms with Gasteiger partial charge in [0.05, 0.1) is 12.6 Å². The Kier molecular flexibility index (Phi) is 5.69. The van der Waals surface area contributed by atoms with Crippen LogP contribution in [0.15, 0.2) is 22.7 Å². The van der Waals surface area contributed by atoms with E-state index in [4.69, 9.17) is 11.2 Å². The monoisotopic (exact) mass is 311 g/mol. The first-order valence-corrected chi connectivity index (χ1v) is 6.14. The van der Waals surface area contributed by atoms with Gasteiger partial charge in [0.25, 0.3) is 5.91 Å². The fourth-order valence-corrected chi connectivity index (χ4v) is 1.66. The van der Waals surface area contributed by atoms with E-state index in [1.165, 1.54) is 0 Å². The predicted octanol–water partition coefficient (Wildman–Crippen LogP) is 1.63. The normalized spacial score (nSPS) is 11.4. The summed E-state index contributed by atoms with van der Waals surface area (Å²) in [6.45, 7) is 1.66. The average molecular weight is 312 g/mol. The van der Waals surface area contributed by atoms with Crippen LogP contribution >= 0.6 is 15.9 Å². The molecule has 5 heteroatoms. The molecule has 0 heterocycles. The Bertz CT molecular complexity index is 466. The maximum absolute atomic E-state index is 11.3. The molecule has 18 heavy (non-hydrogen) atoms. The summed E-state index contributed by atoms with van der Waals surface area (Å²) in [6, 6.07) is 5.24. The zero-order chi connectivity index (χ0) is 13.5. The van der Waals surface area contributed by atoms with Crippen molar-refractivity contribution in [1.29, 1.82) is 0 Å². The van der Waals surface area contributed by atoms with Crippen molar-refractivity contribution in [2.45, 2.75) is 13.0 Å². The quantitative estimate of drug-likeness (QED) is 0.813.